The highest BCUT2D eigenvalue weighted by Crippen LogP contribution is 2.17. The van der Waals surface area contributed by atoms with Gasteiger partial charge in [-0.25, -0.2) is 12.7 Å². The molecule has 0 bridgehead atoms. The zero-order valence-electron chi connectivity index (χ0n) is 16.6. The van der Waals surface area contributed by atoms with E-state index in [0.717, 1.165) is 24.3 Å². The van der Waals surface area contributed by atoms with Crippen molar-refractivity contribution in [3.05, 3.63) is 29.8 Å². The van der Waals surface area contributed by atoms with Gasteiger partial charge in [0.1, 0.15) is 0 Å². The molecule has 1 fully saturated rings. The fourth-order valence-electron chi connectivity index (χ4n) is 3.18. The molecular weight excluding hydrogens is 366 g/mol. The number of benzene rings is 1. The summed E-state index contributed by atoms with van der Waals surface area (Å²) in [6.07, 6.45) is 1.37. The van der Waals surface area contributed by atoms with Crippen molar-refractivity contribution in [1.29, 1.82) is 0 Å². The van der Waals surface area contributed by atoms with Gasteiger partial charge in [-0.3, -0.25) is 9.69 Å². The molecule has 1 amide bonds. The van der Waals surface area contributed by atoms with Crippen molar-refractivity contribution < 1.29 is 17.9 Å². The van der Waals surface area contributed by atoms with Crippen molar-refractivity contribution in [2.24, 2.45) is 0 Å². The van der Waals surface area contributed by atoms with Crippen LogP contribution >= 0.6 is 0 Å². The Labute approximate surface area is 162 Å². The van der Waals surface area contributed by atoms with Gasteiger partial charge in [-0.05, 0) is 31.5 Å². The van der Waals surface area contributed by atoms with Crippen molar-refractivity contribution in [3.8, 4) is 0 Å². The van der Waals surface area contributed by atoms with Gasteiger partial charge in [0.15, 0.2) is 0 Å². The van der Waals surface area contributed by atoms with Gasteiger partial charge in [-0.1, -0.05) is 12.1 Å². The Morgan fingerprint density at radius 2 is 1.93 bits per heavy atom. The predicted octanol–water partition coefficient (Wildman–Crippen LogP) is 1.33. The molecule has 152 valence electrons. The topological polar surface area (TPSA) is 70.2 Å². The Morgan fingerprint density at radius 1 is 1.22 bits per heavy atom. The summed E-state index contributed by atoms with van der Waals surface area (Å²) in [5, 5.41) is 0. The van der Waals surface area contributed by atoms with Crippen molar-refractivity contribution in [2.45, 2.75) is 20.3 Å². The van der Waals surface area contributed by atoms with Gasteiger partial charge < -0.3 is 9.64 Å². The molecule has 1 heterocycles. The maximum absolute atomic E-state index is 12.7. The summed E-state index contributed by atoms with van der Waals surface area (Å²) in [5.74, 6) is -0.0666. The van der Waals surface area contributed by atoms with Crippen LogP contribution in [0.25, 0.3) is 0 Å². The van der Waals surface area contributed by atoms with Crippen LogP contribution < -0.4 is 4.90 Å². The lowest BCUT2D eigenvalue weighted by molar-refractivity contribution is -0.118. The summed E-state index contributed by atoms with van der Waals surface area (Å²) >= 11 is 0. The first kappa shape index (κ1) is 21.8. The van der Waals surface area contributed by atoms with E-state index in [2.05, 4.69) is 4.90 Å². The molecule has 1 aliphatic heterocycles. The number of carbonyl (C=O) groups excluding carboxylic acids is 1. The molecule has 0 unspecified atom stereocenters. The standard InChI is InChI=1S/C19H31N3O4S/c1-4-22(18-7-5-6-17(2)16-18)19(23)8-9-21(27(3,24)25)11-10-20-12-14-26-15-13-20/h5-7,16H,4,8-15H2,1-3H3. The second-order valence-corrected chi connectivity index (χ2v) is 8.83. The van der Waals surface area contributed by atoms with E-state index in [0.29, 0.717) is 32.8 Å². The molecule has 0 spiro atoms. The van der Waals surface area contributed by atoms with Gasteiger partial charge in [-0.15, -0.1) is 0 Å². The van der Waals surface area contributed by atoms with Crippen molar-refractivity contribution >= 4 is 21.6 Å². The Balaban J connectivity index is 1.95. The number of hydrogen-bond acceptors (Lipinski definition) is 5. The minimum atomic E-state index is -3.36. The maximum Gasteiger partial charge on any atom is 0.228 e. The lowest BCUT2D eigenvalue weighted by atomic mass is 10.2. The number of rotatable bonds is 9. The van der Waals surface area contributed by atoms with Crippen LogP contribution in [0.5, 0.6) is 0 Å². The van der Waals surface area contributed by atoms with Gasteiger partial charge >= 0.3 is 0 Å². The van der Waals surface area contributed by atoms with E-state index in [1.165, 1.54) is 10.6 Å². The third-order valence-electron chi connectivity index (χ3n) is 4.74. The fourth-order valence-corrected chi connectivity index (χ4v) is 4.01. The molecule has 2 rings (SSSR count). The van der Waals surface area contributed by atoms with E-state index in [1.54, 1.807) is 4.90 Å². The highest BCUT2D eigenvalue weighted by Gasteiger charge is 2.22. The average molecular weight is 398 g/mol. The first-order valence-electron chi connectivity index (χ1n) is 9.43. The van der Waals surface area contributed by atoms with E-state index in [-0.39, 0.29) is 18.9 Å². The Morgan fingerprint density at radius 3 is 2.52 bits per heavy atom. The van der Waals surface area contributed by atoms with Gasteiger partial charge in [0, 0.05) is 51.4 Å². The SMILES string of the molecule is CCN(C(=O)CCN(CCN1CCOCC1)S(C)(=O)=O)c1cccc(C)c1. The van der Waals surface area contributed by atoms with Crippen LogP contribution in [0.15, 0.2) is 24.3 Å². The van der Waals surface area contributed by atoms with Crippen LogP contribution in [-0.4, -0.2) is 82.3 Å². The molecule has 0 radical (unpaired) electrons. The van der Waals surface area contributed by atoms with Crippen molar-refractivity contribution in [3.63, 3.8) is 0 Å². The van der Waals surface area contributed by atoms with E-state index in [9.17, 15) is 13.2 Å². The molecule has 0 saturated carbocycles. The van der Waals surface area contributed by atoms with Gasteiger partial charge in [-0.2, -0.15) is 0 Å². The van der Waals surface area contributed by atoms with E-state index < -0.39 is 10.0 Å². The van der Waals surface area contributed by atoms with Crippen LogP contribution in [0.4, 0.5) is 5.69 Å². The molecule has 8 heteroatoms. The summed E-state index contributed by atoms with van der Waals surface area (Å²) in [5.41, 5.74) is 1.93. The number of sulfonamides is 1. The lowest BCUT2D eigenvalue weighted by Crippen LogP contribution is -2.44. The lowest BCUT2D eigenvalue weighted by Gasteiger charge is -2.29. The fraction of sp³-hybridized carbons (Fsp3) is 0.632. The summed E-state index contributed by atoms with van der Waals surface area (Å²) in [7, 11) is -3.36. The quantitative estimate of drug-likeness (QED) is 0.629. The minimum absolute atomic E-state index is 0.0666. The Kier molecular flexibility index (Phi) is 8.22. The second kappa shape index (κ2) is 10.2. The normalized spacial score (nSPS) is 15.9. The van der Waals surface area contributed by atoms with Gasteiger partial charge in [0.25, 0.3) is 0 Å². The first-order chi connectivity index (χ1) is 12.8. The van der Waals surface area contributed by atoms with Crippen LogP contribution in [0.3, 0.4) is 0 Å². The van der Waals surface area contributed by atoms with E-state index in [4.69, 9.17) is 4.74 Å². The summed E-state index contributed by atoms with van der Waals surface area (Å²) in [6, 6.07) is 7.78. The smallest absolute Gasteiger partial charge is 0.228 e. The van der Waals surface area contributed by atoms with E-state index >= 15 is 0 Å². The molecule has 1 aliphatic rings. The van der Waals surface area contributed by atoms with Crippen LogP contribution in [0.2, 0.25) is 0 Å². The summed E-state index contributed by atoms with van der Waals surface area (Å²) in [4.78, 5) is 16.6. The number of anilines is 1. The third-order valence-corrected chi connectivity index (χ3v) is 6.05. The zero-order valence-corrected chi connectivity index (χ0v) is 17.4. The molecule has 0 aliphatic carbocycles. The van der Waals surface area contributed by atoms with Crippen LogP contribution in [0.1, 0.15) is 18.9 Å². The molecule has 1 aromatic rings. The molecular formula is C19H31N3O4S. The molecule has 27 heavy (non-hydrogen) atoms. The van der Waals surface area contributed by atoms with Crippen molar-refractivity contribution in [2.75, 3.05) is 63.6 Å². The number of carbonyl (C=O) groups is 1. The largest absolute Gasteiger partial charge is 0.379 e. The monoisotopic (exact) mass is 397 g/mol. The van der Waals surface area contributed by atoms with Crippen LogP contribution in [0, 0.1) is 6.92 Å². The third kappa shape index (κ3) is 6.88. The predicted molar refractivity (Wildman–Crippen MR) is 107 cm³/mol. The minimum Gasteiger partial charge on any atom is -0.379 e. The molecule has 1 saturated heterocycles. The Bertz CT molecular complexity index is 717. The number of nitrogens with zero attached hydrogens (tertiary/aromatic N) is 3. The first-order valence-corrected chi connectivity index (χ1v) is 11.3. The molecule has 1 aromatic carbocycles. The number of ether oxygens (including phenoxy) is 1. The summed E-state index contributed by atoms with van der Waals surface area (Å²) < 4.78 is 31.0. The van der Waals surface area contributed by atoms with Gasteiger partial charge in [0.05, 0.1) is 19.5 Å². The number of aryl methyl sites for hydroxylation is 1. The second-order valence-electron chi connectivity index (χ2n) is 6.84. The maximum atomic E-state index is 12.7. The highest BCUT2D eigenvalue weighted by molar-refractivity contribution is 7.88. The number of amides is 1. The van der Waals surface area contributed by atoms with Gasteiger partial charge in [0.2, 0.25) is 15.9 Å². The summed E-state index contributed by atoms with van der Waals surface area (Å²) in [6.45, 7) is 8.69. The van der Waals surface area contributed by atoms with E-state index in [1.807, 2.05) is 38.1 Å². The van der Waals surface area contributed by atoms with Crippen LogP contribution in [-0.2, 0) is 19.6 Å². The highest BCUT2D eigenvalue weighted by atomic mass is 32.2. The Hall–Kier alpha value is -1.48. The average Bonchev–Trinajstić information content (AvgIpc) is 2.62. The molecule has 0 N–H and O–H groups in total. The zero-order chi connectivity index (χ0) is 19.9. The number of morpholine rings is 1. The molecule has 7 nitrogen and oxygen atoms in total. The molecule has 0 aromatic heterocycles. The number of hydrogen-bond donors (Lipinski definition) is 0. The van der Waals surface area contributed by atoms with Crippen molar-refractivity contribution in [1.82, 2.24) is 9.21 Å². The molecule has 0 atom stereocenters.